The fourth-order valence-electron chi connectivity index (χ4n) is 4.47. The average molecular weight is 402 g/mol. The van der Waals surface area contributed by atoms with Crippen molar-refractivity contribution in [2.24, 2.45) is 11.8 Å². The molecule has 1 aliphatic carbocycles. The Morgan fingerprint density at radius 3 is 2.70 bits per heavy atom. The molecule has 1 saturated carbocycles. The lowest BCUT2D eigenvalue weighted by molar-refractivity contribution is -0.0153. The van der Waals surface area contributed by atoms with Crippen LogP contribution in [0, 0.1) is 5.92 Å². The number of furan rings is 1. The van der Waals surface area contributed by atoms with Gasteiger partial charge in [0, 0.05) is 10.8 Å². The topological polar surface area (TPSA) is 70.5 Å². The van der Waals surface area contributed by atoms with Gasteiger partial charge in [-0.3, -0.25) is 4.84 Å². The summed E-state index contributed by atoms with van der Waals surface area (Å²) >= 11 is 0. The van der Waals surface area contributed by atoms with Crippen LogP contribution in [-0.2, 0) is 11.4 Å². The normalized spacial score (nSPS) is 16.2. The maximum absolute atomic E-state index is 6.07. The van der Waals surface area contributed by atoms with Crippen LogP contribution in [0.4, 0.5) is 0 Å². The number of benzene rings is 2. The third-order valence-corrected chi connectivity index (χ3v) is 6.05. The second-order valence-corrected chi connectivity index (χ2v) is 8.09. The molecule has 154 valence electrons. The molecule has 5 nitrogen and oxygen atoms in total. The van der Waals surface area contributed by atoms with E-state index in [0.717, 1.165) is 51.9 Å². The predicted molar refractivity (Wildman–Crippen MR) is 117 cm³/mol. The van der Waals surface area contributed by atoms with Gasteiger partial charge in [-0.1, -0.05) is 43.5 Å². The molecule has 0 spiro atoms. The lowest BCUT2D eigenvalue weighted by Crippen LogP contribution is -2.21. The summed E-state index contributed by atoms with van der Waals surface area (Å²) in [5.41, 5.74) is 2.69. The van der Waals surface area contributed by atoms with Gasteiger partial charge in [0.25, 0.3) is 0 Å². The zero-order valence-corrected chi connectivity index (χ0v) is 16.9. The Morgan fingerprint density at radius 1 is 0.967 bits per heavy atom. The second-order valence-electron chi connectivity index (χ2n) is 8.09. The van der Waals surface area contributed by atoms with Crippen molar-refractivity contribution >= 4 is 21.9 Å². The summed E-state index contributed by atoms with van der Waals surface area (Å²) in [4.78, 5) is 10.0. The first-order valence-corrected chi connectivity index (χ1v) is 10.7. The maximum Gasteiger partial charge on any atom is 0.139 e. The third kappa shape index (κ3) is 3.91. The molecule has 1 unspecified atom stereocenters. The van der Waals surface area contributed by atoms with Crippen LogP contribution in [0.1, 0.15) is 49.7 Å². The van der Waals surface area contributed by atoms with E-state index in [2.05, 4.69) is 17.1 Å². The predicted octanol–water partition coefficient (Wildman–Crippen LogP) is 6.07. The van der Waals surface area contributed by atoms with Gasteiger partial charge in [-0.2, -0.15) is 0 Å². The Kier molecular flexibility index (Phi) is 5.39. The van der Waals surface area contributed by atoms with Gasteiger partial charge in [-0.15, -0.1) is 0 Å². The van der Waals surface area contributed by atoms with Gasteiger partial charge in [0.1, 0.15) is 29.8 Å². The molecule has 5 rings (SSSR count). The summed E-state index contributed by atoms with van der Waals surface area (Å²) in [5, 5.41) is 2.12. The molecule has 1 aliphatic rings. The van der Waals surface area contributed by atoms with Gasteiger partial charge in [0.2, 0.25) is 0 Å². The SMILES string of the molecule is NOC(c1cc2cc(OCc3ccc4ccccc4n3)ccc2o1)C1CCCCC1. The zero-order valence-electron chi connectivity index (χ0n) is 16.9. The molecular weight excluding hydrogens is 376 g/mol. The van der Waals surface area contributed by atoms with E-state index in [1.165, 1.54) is 19.3 Å². The highest BCUT2D eigenvalue weighted by atomic mass is 16.6. The largest absolute Gasteiger partial charge is 0.487 e. The van der Waals surface area contributed by atoms with Gasteiger partial charge in [0.05, 0.1) is 11.2 Å². The number of rotatable bonds is 6. The van der Waals surface area contributed by atoms with E-state index < -0.39 is 0 Å². The van der Waals surface area contributed by atoms with E-state index in [1.807, 2.05) is 48.5 Å². The summed E-state index contributed by atoms with van der Waals surface area (Å²) < 4.78 is 12.1. The molecule has 0 bridgehead atoms. The van der Waals surface area contributed by atoms with E-state index in [1.54, 1.807) is 0 Å². The van der Waals surface area contributed by atoms with Crippen molar-refractivity contribution in [2.75, 3.05) is 0 Å². The number of aromatic nitrogens is 1. The van der Waals surface area contributed by atoms with Crippen LogP contribution < -0.4 is 10.6 Å². The van der Waals surface area contributed by atoms with Crippen molar-refractivity contribution in [3.05, 3.63) is 72.1 Å². The first kappa shape index (κ1) is 19.1. The van der Waals surface area contributed by atoms with Crippen molar-refractivity contribution < 1.29 is 14.0 Å². The number of ether oxygens (including phenoxy) is 1. The smallest absolute Gasteiger partial charge is 0.139 e. The Labute approximate surface area is 175 Å². The van der Waals surface area contributed by atoms with Crippen molar-refractivity contribution in [3.63, 3.8) is 0 Å². The highest BCUT2D eigenvalue weighted by Crippen LogP contribution is 2.38. The van der Waals surface area contributed by atoms with E-state index in [-0.39, 0.29) is 6.10 Å². The van der Waals surface area contributed by atoms with Crippen molar-refractivity contribution in [3.8, 4) is 5.75 Å². The zero-order chi connectivity index (χ0) is 20.3. The van der Waals surface area contributed by atoms with E-state index in [9.17, 15) is 0 Å². The summed E-state index contributed by atoms with van der Waals surface area (Å²) in [5.74, 6) is 7.65. The average Bonchev–Trinajstić information content (AvgIpc) is 3.21. The fraction of sp³-hybridized carbons (Fsp3) is 0.320. The number of hydrogen-bond acceptors (Lipinski definition) is 5. The minimum atomic E-state index is -0.191. The fourth-order valence-corrected chi connectivity index (χ4v) is 4.47. The Bertz CT molecular complexity index is 1150. The number of nitrogens with zero attached hydrogens (tertiary/aromatic N) is 1. The highest BCUT2D eigenvalue weighted by Gasteiger charge is 2.28. The summed E-state index contributed by atoms with van der Waals surface area (Å²) in [6.45, 7) is 0.414. The summed E-state index contributed by atoms with van der Waals surface area (Å²) in [6.07, 6.45) is 5.82. The summed E-state index contributed by atoms with van der Waals surface area (Å²) in [6, 6.07) is 20.1. The number of para-hydroxylation sites is 1. The third-order valence-electron chi connectivity index (χ3n) is 6.05. The Balaban J connectivity index is 1.32. The number of fused-ring (bicyclic) bond motifs is 2. The first-order chi connectivity index (χ1) is 14.8. The molecule has 1 fully saturated rings. The Hall–Kier alpha value is -2.89. The molecule has 0 amide bonds. The number of hydrogen-bond donors (Lipinski definition) is 1. The van der Waals surface area contributed by atoms with Crippen LogP contribution in [0.5, 0.6) is 5.75 Å². The van der Waals surface area contributed by atoms with E-state index in [4.69, 9.17) is 19.9 Å². The molecular formula is C25H26N2O3. The van der Waals surface area contributed by atoms with Crippen LogP contribution in [-0.4, -0.2) is 4.98 Å². The van der Waals surface area contributed by atoms with Gasteiger partial charge in [-0.25, -0.2) is 10.9 Å². The Morgan fingerprint density at radius 2 is 1.83 bits per heavy atom. The van der Waals surface area contributed by atoms with E-state index in [0.29, 0.717) is 12.5 Å². The standard InChI is InChI=1S/C25H26N2O3/c26-30-25(18-7-2-1-3-8-18)24-15-19-14-21(12-13-23(19)29-24)28-16-20-11-10-17-6-4-5-9-22(17)27-20/h4-6,9-15,18,25H,1-3,7-8,16,26H2. The molecule has 2 heterocycles. The molecule has 2 aromatic carbocycles. The molecule has 2 aromatic heterocycles. The van der Waals surface area contributed by atoms with Gasteiger partial charge >= 0.3 is 0 Å². The van der Waals surface area contributed by atoms with Crippen molar-refractivity contribution in [1.29, 1.82) is 0 Å². The number of pyridine rings is 1. The molecule has 0 aliphatic heterocycles. The van der Waals surface area contributed by atoms with Crippen LogP contribution >= 0.6 is 0 Å². The van der Waals surface area contributed by atoms with Crippen LogP contribution in [0.25, 0.3) is 21.9 Å². The summed E-state index contributed by atoms with van der Waals surface area (Å²) in [7, 11) is 0. The molecule has 5 heteroatoms. The van der Waals surface area contributed by atoms with Crippen molar-refractivity contribution in [1.82, 2.24) is 4.98 Å². The molecule has 4 aromatic rings. The van der Waals surface area contributed by atoms with E-state index >= 15 is 0 Å². The quantitative estimate of drug-likeness (QED) is 0.396. The molecule has 1 atom stereocenters. The molecule has 30 heavy (non-hydrogen) atoms. The van der Waals surface area contributed by atoms with Gasteiger partial charge < -0.3 is 9.15 Å². The molecule has 0 saturated heterocycles. The van der Waals surface area contributed by atoms with Crippen LogP contribution in [0.2, 0.25) is 0 Å². The second kappa shape index (κ2) is 8.46. The van der Waals surface area contributed by atoms with Gasteiger partial charge in [-0.05, 0) is 55.2 Å². The molecule has 2 N–H and O–H groups in total. The maximum atomic E-state index is 6.07. The van der Waals surface area contributed by atoms with Crippen LogP contribution in [0.3, 0.4) is 0 Å². The minimum absolute atomic E-state index is 0.191. The molecule has 0 radical (unpaired) electrons. The highest BCUT2D eigenvalue weighted by molar-refractivity contribution is 5.80. The lowest BCUT2D eigenvalue weighted by atomic mass is 9.84. The van der Waals surface area contributed by atoms with Crippen LogP contribution in [0.15, 0.2) is 65.1 Å². The lowest BCUT2D eigenvalue weighted by Gasteiger charge is -2.27. The minimum Gasteiger partial charge on any atom is -0.487 e. The van der Waals surface area contributed by atoms with Crippen molar-refractivity contribution in [2.45, 2.75) is 44.8 Å². The first-order valence-electron chi connectivity index (χ1n) is 10.7. The number of nitrogens with two attached hydrogens (primary N) is 1. The van der Waals surface area contributed by atoms with Gasteiger partial charge in [0.15, 0.2) is 0 Å². The monoisotopic (exact) mass is 402 g/mol.